The fourth-order valence-electron chi connectivity index (χ4n) is 0.588. The number of allylic oxidation sites excluding steroid dienone is 1. The molecule has 0 saturated carbocycles. The van der Waals surface area contributed by atoms with Gasteiger partial charge in [0.05, 0.1) is 12.4 Å². The Morgan fingerprint density at radius 2 is 2.15 bits per heavy atom. The van der Waals surface area contributed by atoms with Crippen molar-refractivity contribution in [3.63, 3.8) is 0 Å². The van der Waals surface area contributed by atoms with Crippen molar-refractivity contribution in [3.8, 4) is 0 Å². The van der Waals surface area contributed by atoms with Gasteiger partial charge in [-0.1, -0.05) is 6.08 Å². The summed E-state index contributed by atoms with van der Waals surface area (Å²) in [7, 11) is 1.46. The van der Waals surface area contributed by atoms with Crippen molar-refractivity contribution >= 4 is 25.7 Å². The van der Waals surface area contributed by atoms with E-state index in [1.165, 1.54) is 6.08 Å². The highest BCUT2D eigenvalue weighted by Gasteiger charge is 2.04. The molecule has 0 spiro atoms. The molecule has 0 aromatic heterocycles. The van der Waals surface area contributed by atoms with Gasteiger partial charge >= 0.3 is 5.97 Å². The van der Waals surface area contributed by atoms with Gasteiger partial charge < -0.3 is 4.74 Å². The lowest BCUT2D eigenvalue weighted by Crippen LogP contribution is -2.06. The van der Waals surface area contributed by atoms with Gasteiger partial charge in [0.15, 0.2) is 0 Å². The van der Waals surface area contributed by atoms with E-state index < -0.39 is 15.0 Å². The van der Waals surface area contributed by atoms with Crippen LogP contribution in [0.5, 0.6) is 0 Å². The number of carbonyl (C=O) groups is 1. The minimum absolute atomic E-state index is 0.0646. The number of hydrogen-bond acceptors (Lipinski definition) is 4. The third-order valence-electron chi connectivity index (χ3n) is 1.08. The molecule has 0 aromatic rings. The number of ether oxygens (including phenoxy) is 1. The quantitative estimate of drug-likeness (QED) is 0.305. The summed E-state index contributed by atoms with van der Waals surface area (Å²) in [4.78, 5) is 10.7. The van der Waals surface area contributed by atoms with Crippen LogP contribution in [0.4, 0.5) is 0 Å². The van der Waals surface area contributed by atoms with Gasteiger partial charge in [-0.05, 0) is 13.3 Å². The molecule has 0 amide bonds. The van der Waals surface area contributed by atoms with E-state index in [9.17, 15) is 13.2 Å². The van der Waals surface area contributed by atoms with E-state index in [1.807, 2.05) is 0 Å². The zero-order chi connectivity index (χ0) is 10.3. The number of carbonyl (C=O) groups excluding carboxylic acids is 1. The van der Waals surface area contributed by atoms with Gasteiger partial charge in [0.1, 0.15) is 0 Å². The minimum atomic E-state index is -3.47. The molecule has 0 saturated heterocycles. The van der Waals surface area contributed by atoms with Crippen LogP contribution in [0.2, 0.25) is 0 Å². The molecule has 0 aliphatic carbocycles. The second-order valence-corrected chi connectivity index (χ2v) is 5.16. The Hall–Kier alpha value is -0.550. The average molecular weight is 227 g/mol. The first kappa shape index (κ1) is 12.4. The van der Waals surface area contributed by atoms with Crippen LogP contribution >= 0.6 is 10.7 Å². The molecule has 0 radical (unpaired) electrons. The van der Waals surface area contributed by atoms with Gasteiger partial charge in [-0.3, -0.25) is 0 Å². The molecule has 0 aliphatic rings. The molecular formula is C7H11ClO4S. The second kappa shape index (κ2) is 5.99. The Kier molecular flexibility index (Phi) is 5.73. The Morgan fingerprint density at radius 3 is 2.62 bits per heavy atom. The third-order valence-corrected chi connectivity index (χ3v) is 2.32. The van der Waals surface area contributed by atoms with E-state index in [-0.39, 0.29) is 18.8 Å². The monoisotopic (exact) mass is 226 g/mol. The topological polar surface area (TPSA) is 60.4 Å². The van der Waals surface area contributed by atoms with Crippen LogP contribution in [-0.2, 0) is 18.6 Å². The van der Waals surface area contributed by atoms with E-state index in [1.54, 1.807) is 13.0 Å². The van der Waals surface area contributed by atoms with Gasteiger partial charge in [-0.2, -0.15) is 0 Å². The van der Waals surface area contributed by atoms with Crippen molar-refractivity contribution in [2.75, 3.05) is 12.4 Å². The van der Waals surface area contributed by atoms with Crippen molar-refractivity contribution in [1.29, 1.82) is 0 Å². The molecule has 0 atom stereocenters. The van der Waals surface area contributed by atoms with Gasteiger partial charge in [-0.15, -0.1) is 0 Å². The largest absolute Gasteiger partial charge is 0.463 e. The van der Waals surface area contributed by atoms with Gasteiger partial charge in [0, 0.05) is 16.8 Å². The van der Waals surface area contributed by atoms with E-state index in [0.29, 0.717) is 0 Å². The zero-order valence-corrected chi connectivity index (χ0v) is 8.77. The first-order valence-electron chi connectivity index (χ1n) is 3.67. The minimum Gasteiger partial charge on any atom is -0.463 e. The Balaban J connectivity index is 3.53. The van der Waals surface area contributed by atoms with Crippen molar-refractivity contribution in [2.45, 2.75) is 13.3 Å². The Bertz CT molecular complexity index is 281. The summed E-state index contributed by atoms with van der Waals surface area (Å²) in [6.45, 7) is 1.75. The van der Waals surface area contributed by atoms with Gasteiger partial charge in [0.25, 0.3) is 0 Å². The average Bonchev–Trinajstić information content (AvgIpc) is 1.97. The van der Waals surface area contributed by atoms with Crippen LogP contribution in [0, 0.1) is 0 Å². The highest BCUT2D eigenvalue weighted by Crippen LogP contribution is 1.98. The van der Waals surface area contributed by atoms with E-state index in [4.69, 9.17) is 10.7 Å². The number of halogens is 1. The number of rotatable bonds is 5. The first-order valence-corrected chi connectivity index (χ1v) is 6.15. The van der Waals surface area contributed by atoms with Gasteiger partial charge in [-0.25, -0.2) is 13.2 Å². The third kappa shape index (κ3) is 9.36. The lowest BCUT2D eigenvalue weighted by molar-refractivity contribution is -0.137. The summed E-state index contributed by atoms with van der Waals surface area (Å²) in [5.41, 5.74) is 0. The fraction of sp³-hybridized carbons (Fsp3) is 0.571. The van der Waals surface area contributed by atoms with Crippen molar-refractivity contribution in [3.05, 3.63) is 12.2 Å². The molecule has 0 heterocycles. The lowest BCUT2D eigenvalue weighted by Gasteiger charge is -1.99. The smallest absolute Gasteiger partial charge is 0.330 e. The Labute approximate surface area is 81.9 Å². The molecular weight excluding hydrogens is 216 g/mol. The highest BCUT2D eigenvalue weighted by molar-refractivity contribution is 8.13. The molecule has 0 aromatic carbocycles. The predicted molar refractivity (Wildman–Crippen MR) is 50.0 cm³/mol. The number of esters is 1. The fourth-order valence-corrected chi connectivity index (χ4v) is 1.38. The van der Waals surface area contributed by atoms with Crippen LogP contribution in [0.3, 0.4) is 0 Å². The lowest BCUT2D eigenvalue weighted by atomic mass is 10.5. The van der Waals surface area contributed by atoms with Crippen molar-refractivity contribution in [1.82, 2.24) is 0 Å². The van der Waals surface area contributed by atoms with Crippen LogP contribution in [0.15, 0.2) is 12.2 Å². The number of hydrogen-bond donors (Lipinski definition) is 0. The van der Waals surface area contributed by atoms with E-state index >= 15 is 0 Å². The summed E-state index contributed by atoms with van der Waals surface area (Å²) < 4.78 is 25.5. The van der Waals surface area contributed by atoms with Crippen LogP contribution in [0.1, 0.15) is 13.3 Å². The molecule has 0 rings (SSSR count). The van der Waals surface area contributed by atoms with Crippen molar-refractivity contribution < 1.29 is 17.9 Å². The SMILES string of the molecule is CC=CC(=O)OCCCS(=O)(=O)Cl. The van der Waals surface area contributed by atoms with E-state index in [2.05, 4.69) is 4.74 Å². The van der Waals surface area contributed by atoms with Crippen LogP contribution in [-0.4, -0.2) is 26.7 Å². The molecule has 0 aliphatic heterocycles. The molecule has 76 valence electrons. The summed E-state index contributed by atoms with van der Waals surface area (Å²) >= 11 is 0. The summed E-state index contributed by atoms with van der Waals surface area (Å²) in [6, 6.07) is 0. The molecule has 4 nitrogen and oxygen atoms in total. The Morgan fingerprint density at radius 1 is 1.54 bits per heavy atom. The molecule has 13 heavy (non-hydrogen) atoms. The van der Waals surface area contributed by atoms with E-state index in [0.717, 1.165) is 0 Å². The molecule has 0 fully saturated rings. The maximum Gasteiger partial charge on any atom is 0.330 e. The molecule has 0 unspecified atom stereocenters. The molecule has 0 bridgehead atoms. The normalized spacial score (nSPS) is 11.8. The predicted octanol–water partition coefficient (Wildman–Crippen LogP) is 1.06. The highest BCUT2D eigenvalue weighted by atomic mass is 35.7. The summed E-state index contributed by atoms with van der Waals surface area (Å²) in [5.74, 6) is -0.660. The zero-order valence-electron chi connectivity index (χ0n) is 7.20. The summed E-state index contributed by atoms with van der Waals surface area (Å²) in [5, 5.41) is 0. The van der Waals surface area contributed by atoms with Crippen LogP contribution < -0.4 is 0 Å². The maximum absolute atomic E-state index is 10.7. The second-order valence-electron chi connectivity index (χ2n) is 2.26. The van der Waals surface area contributed by atoms with Gasteiger partial charge in [0.2, 0.25) is 9.05 Å². The van der Waals surface area contributed by atoms with Crippen LogP contribution in [0.25, 0.3) is 0 Å². The maximum atomic E-state index is 10.7. The first-order chi connectivity index (χ1) is 5.95. The summed E-state index contributed by atoms with van der Waals surface area (Å²) in [6.07, 6.45) is 3.02. The molecule has 6 heteroatoms. The van der Waals surface area contributed by atoms with Crippen molar-refractivity contribution in [2.24, 2.45) is 0 Å². The molecule has 0 N–H and O–H groups in total. The standard InChI is InChI=1S/C7H11ClO4S/c1-2-4-7(9)12-5-3-6-13(8,10)11/h2,4H,3,5-6H2,1H3.